The Hall–Kier alpha value is -1.53. The average Bonchev–Trinajstić information content (AvgIpc) is 2.73. The van der Waals surface area contributed by atoms with Gasteiger partial charge in [0, 0.05) is 5.75 Å². The molecule has 1 aromatic carbocycles. The highest BCUT2D eigenvalue weighted by Crippen LogP contribution is 2.21. The van der Waals surface area contributed by atoms with Gasteiger partial charge in [0.15, 0.2) is 0 Å². The molecule has 0 aliphatic carbocycles. The smallest absolute Gasteiger partial charge is 0.216 e. The van der Waals surface area contributed by atoms with E-state index in [0.29, 0.717) is 10.9 Å². The summed E-state index contributed by atoms with van der Waals surface area (Å²) in [6.45, 7) is 0. The number of aliphatic hydroxyl groups is 1. The maximum Gasteiger partial charge on any atom is 0.216 e. The van der Waals surface area contributed by atoms with Crippen molar-refractivity contribution in [2.75, 3.05) is 11.5 Å². The van der Waals surface area contributed by atoms with Crippen LogP contribution in [0.15, 0.2) is 35.5 Å². The van der Waals surface area contributed by atoms with Crippen LogP contribution in [0.5, 0.6) is 0 Å². The van der Waals surface area contributed by atoms with Gasteiger partial charge >= 0.3 is 0 Å². The van der Waals surface area contributed by atoms with Crippen molar-refractivity contribution in [2.45, 2.75) is 11.3 Å². The van der Waals surface area contributed by atoms with E-state index in [2.05, 4.69) is 15.2 Å². The third kappa shape index (κ3) is 2.74. The van der Waals surface area contributed by atoms with Gasteiger partial charge in [-0.05, 0) is 5.56 Å². The molecule has 1 unspecified atom stereocenters. The fraction of sp³-hybridized carbons (Fsp3) is 0.200. The molecule has 0 bridgehead atoms. The first-order chi connectivity index (χ1) is 7.75. The molecule has 5 nitrogen and oxygen atoms in total. The second kappa shape index (κ2) is 5.00. The number of nitrogens with two attached hydrogens (primary N) is 1. The summed E-state index contributed by atoms with van der Waals surface area (Å²) < 4.78 is 0. The van der Waals surface area contributed by atoms with E-state index in [1.54, 1.807) is 0 Å². The van der Waals surface area contributed by atoms with Gasteiger partial charge in [0.25, 0.3) is 0 Å². The molecule has 4 N–H and O–H groups in total. The number of hydrogen-bond acceptors (Lipinski definition) is 5. The standard InChI is InChI=1S/C10H12N4OS/c11-9-12-10(14-13-9)16-6-8(15)7-4-2-1-3-5-7/h1-5,8,15H,6H2,(H3,11,12,13,14). The Bertz CT molecular complexity index is 445. The fourth-order valence-corrected chi connectivity index (χ4v) is 2.02. The molecular formula is C10H12N4OS. The molecule has 0 aliphatic rings. The molecule has 0 fully saturated rings. The van der Waals surface area contributed by atoms with Crippen LogP contribution < -0.4 is 5.73 Å². The number of aliphatic hydroxyl groups excluding tert-OH is 1. The second-order valence-corrected chi connectivity index (χ2v) is 4.23. The number of anilines is 1. The Balaban J connectivity index is 1.91. The van der Waals surface area contributed by atoms with Gasteiger partial charge in [-0.25, -0.2) is 5.10 Å². The van der Waals surface area contributed by atoms with Crippen LogP contribution in [0.2, 0.25) is 0 Å². The number of thioether (sulfide) groups is 1. The minimum atomic E-state index is -0.522. The molecule has 0 aliphatic heterocycles. The monoisotopic (exact) mass is 236 g/mol. The maximum absolute atomic E-state index is 9.87. The van der Waals surface area contributed by atoms with Crippen LogP contribution in [0.25, 0.3) is 0 Å². The summed E-state index contributed by atoms with van der Waals surface area (Å²) in [5.41, 5.74) is 6.28. The Morgan fingerprint density at radius 2 is 2.12 bits per heavy atom. The summed E-state index contributed by atoms with van der Waals surface area (Å²) in [5, 5.41) is 16.8. The van der Waals surface area contributed by atoms with Gasteiger partial charge in [0.2, 0.25) is 11.1 Å². The molecule has 2 aromatic rings. The summed E-state index contributed by atoms with van der Waals surface area (Å²) in [7, 11) is 0. The molecule has 1 heterocycles. The molecule has 2 rings (SSSR count). The highest BCUT2D eigenvalue weighted by atomic mass is 32.2. The number of benzene rings is 1. The van der Waals surface area contributed by atoms with E-state index in [4.69, 9.17) is 5.73 Å². The van der Waals surface area contributed by atoms with E-state index >= 15 is 0 Å². The zero-order valence-electron chi connectivity index (χ0n) is 8.50. The molecular weight excluding hydrogens is 224 g/mol. The number of nitrogen functional groups attached to an aromatic ring is 1. The maximum atomic E-state index is 9.87. The minimum absolute atomic E-state index is 0.289. The zero-order chi connectivity index (χ0) is 11.4. The van der Waals surface area contributed by atoms with E-state index in [9.17, 15) is 5.11 Å². The first-order valence-electron chi connectivity index (χ1n) is 4.79. The summed E-state index contributed by atoms with van der Waals surface area (Å²) in [6.07, 6.45) is -0.522. The lowest BCUT2D eigenvalue weighted by atomic mass is 10.1. The number of nitrogens with one attached hydrogen (secondary N) is 1. The van der Waals surface area contributed by atoms with Crippen molar-refractivity contribution >= 4 is 17.7 Å². The SMILES string of the molecule is Nc1nc(SCC(O)c2ccccc2)n[nH]1. The lowest BCUT2D eigenvalue weighted by Crippen LogP contribution is -2.00. The largest absolute Gasteiger partial charge is 0.388 e. The summed E-state index contributed by atoms with van der Waals surface area (Å²) >= 11 is 1.36. The number of nitrogens with zero attached hydrogens (tertiary/aromatic N) is 2. The Labute approximate surface area is 97.1 Å². The van der Waals surface area contributed by atoms with Crippen molar-refractivity contribution in [3.05, 3.63) is 35.9 Å². The van der Waals surface area contributed by atoms with Crippen molar-refractivity contribution in [1.82, 2.24) is 15.2 Å². The summed E-state index contributed by atoms with van der Waals surface area (Å²) in [4.78, 5) is 3.94. The topological polar surface area (TPSA) is 87.8 Å². The van der Waals surface area contributed by atoms with E-state index < -0.39 is 6.10 Å². The Kier molecular flexibility index (Phi) is 3.43. The lowest BCUT2D eigenvalue weighted by Gasteiger charge is -2.08. The van der Waals surface area contributed by atoms with Crippen molar-refractivity contribution in [2.24, 2.45) is 0 Å². The average molecular weight is 236 g/mol. The zero-order valence-corrected chi connectivity index (χ0v) is 9.31. The van der Waals surface area contributed by atoms with Crippen LogP contribution in [0.1, 0.15) is 11.7 Å². The van der Waals surface area contributed by atoms with Gasteiger partial charge in [-0.2, -0.15) is 4.98 Å². The number of aromatic nitrogens is 3. The first-order valence-corrected chi connectivity index (χ1v) is 5.78. The van der Waals surface area contributed by atoms with E-state index in [1.165, 1.54) is 11.8 Å². The van der Waals surface area contributed by atoms with Gasteiger partial charge in [0.05, 0.1) is 6.10 Å². The van der Waals surface area contributed by atoms with Crippen molar-refractivity contribution in [3.63, 3.8) is 0 Å². The first kappa shape index (κ1) is 11.0. The Morgan fingerprint density at radius 3 is 2.75 bits per heavy atom. The number of hydrogen-bond donors (Lipinski definition) is 3. The summed E-state index contributed by atoms with van der Waals surface area (Å²) in [6, 6.07) is 9.48. The van der Waals surface area contributed by atoms with E-state index in [0.717, 1.165) is 5.56 Å². The fourth-order valence-electron chi connectivity index (χ4n) is 1.25. The normalized spacial score (nSPS) is 12.6. The molecule has 6 heteroatoms. The number of rotatable bonds is 4. The minimum Gasteiger partial charge on any atom is -0.388 e. The molecule has 0 saturated heterocycles. The highest BCUT2D eigenvalue weighted by Gasteiger charge is 2.09. The molecule has 0 saturated carbocycles. The van der Waals surface area contributed by atoms with Crippen molar-refractivity contribution in [3.8, 4) is 0 Å². The second-order valence-electron chi connectivity index (χ2n) is 3.24. The third-order valence-corrected chi connectivity index (χ3v) is 2.96. The predicted molar refractivity (Wildman–Crippen MR) is 62.9 cm³/mol. The molecule has 1 atom stereocenters. The number of H-pyrrole nitrogens is 1. The highest BCUT2D eigenvalue weighted by molar-refractivity contribution is 7.99. The van der Waals surface area contributed by atoms with Crippen LogP contribution in [0.3, 0.4) is 0 Å². The van der Waals surface area contributed by atoms with Gasteiger partial charge in [-0.15, -0.1) is 5.10 Å². The lowest BCUT2D eigenvalue weighted by molar-refractivity contribution is 0.204. The number of aromatic amines is 1. The van der Waals surface area contributed by atoms with Crippen molar-refractivity contribution in [1.29, 1.82) is 0 Å². The molecule has 16 heavy (non-hydrogen) atoms. The predicted octanol–water partition coefficient (Wildman–Crippen LogP) is 1.21. The van der Waals surface area contributed by atoms with Gasteiger partial charge in [0.1, 0.15) is 0 Å². The molecule has 0 spiro atoms. The van der Waals surface area contributed by atoms with E-state index in [1.807, 2.05) is 30.3 Å². The van der Waals surface area contributed by atoms with Crippen LogP contribution in [0.4, 0.5) is 5.95 Å². The Morgan fingerprint density at radius 1 is 1.38 bits per heavy atom. The van der Waals surface area contributed by atoms with Crippen LogP contribution in [-0.2, 0) is 0 Å². The van der Waals surface area contributed by atoms with E-state index in [-0.39, 0.29) is 5.95 Å². The molecule has 0 radical (unpaired) electrons. The molecule has 0 amide bonds. The summed E-state index contributed by atoms with van der Waals surface area (Å²) in [5.74, 6) is 0.790. The van der Waals surface area contributed by atoms with Crippen LogP contribution in [-0.4, -0.2) is 26.0 Å². The van der Waals surface area contributed by atoms with Gasteiger partial charge in [-0.1, -0.05) is 42.1 Å². The van der Waals surface area contributed by atoms with Crippen molar-refractivity contribution < 1.29 is 5.11 Å². The van der Waals surface area contributed by atoms with Crippen LogP contribution in [0, 0.1) is 0 Å². The van der Waals surface area contributed by atoms with Gasteiger partial charge in [-0.3, -0.25) is 0 Å². The quantitative estimate of drug-likeness (QED) is 0.694. The molecule has 84 valence electrons. The van der Waals surface area contributed by atoms with Crippen LogP contribution >= 0.6 is 11.8 Å². The van der Waals surface area contributed by atoms with Gasteiger partial charge < -0.3 is 10.8 Å². The molecule has 1 aromatic heterocycles. The third-order valence-electron chi connectivity index (χ3n) is 2.04.